The number of amides is 3. The van der Waals surface area contributed by atoms with Crippen molar-refractivity contribution in [2.24, 2.45) is 5.92 Å². The van der Waals surface area contributed by atoms with E-state index in [1.807, 2.05) is 28.8 Å². The van der Waals surface area contributed by atoms with Gasteiger partial charge in [0.25, 0.3) is 5.91 Å². The normalized spacial score (nSPS) is 14.8. The number of imide groups is 1. The van der Waals surface area contributed by atoms with Crippen molar-refractivity contribution in [3.63, 3.8) is 0 Å². The summed E-state index contributed by atoms with van der Waals surface area (Å²) in [7, 11) is 0. The lowest BCUT2D eigenvalue weighted by Crippen LogP contribution is -2.45. The van der Waals surface area contributed by atoms with Gasteiger partial charge in [-0.05, 0) is 31.7 Å². The number of ether oxygens (including phenoxy) is 1. The predicted molar refractivity (Wildman–Crippen MR) is 101 cm³/mol. The van der Waals surface area contributed by atoms with Crippen LogP contribution in [0.25, 0.3) is 10.9 Å². The number of aromatic nitrogens is 1. The molecule has 1 saturated carbocycles. The second kappa shape index (κ2) is 7.82. The lowest BCUT2D eigenvalue weighted by atomic mass is 10.2. The SMILES string of the molecule is CC(C)Cn1cc(C(=O)OC(C)C(=O)NC(=O)NC2CC2)c2ccccc21. The van der Waals surface area contributed by atoms with Gasteiger partial charge in [0.2, 0.25) is 0 Å². The van der Waals surface area contributed by atoms with Gasteiger partial charge in [-0.25, -0.2) is 9.59 Å². The quantitative estimate of drug-likeness (QED) is 0.764. The van der Waals surface area contributed by atoms with Crippen LogP contribution in [0.3, 0.4) is 0 Å². The molecule has 3 rings (SSSR count). The van der Waals surface area contributed by atoms with Gasteiger partial charge in [-0.2, -0.15) is 0 Å². The molecule has 1 aliphatic carbocycles. The molecule has 1 aromatic heterocycles. The Morgan fingerprint density at radius 3 is 2.56 bits per heavy atom. The molecule has 1 fully saturated rings. The second-order valence-corrected chi connectivity index (χ2v) is 7.39. The van der Waals surface area contributed by atoms with Gasteiger partial charge in [0.15, 0.2) is 6.10 Å². The maximum Gasteiger partial charge on any atom is 0.341 e. The van der Waals surface area contributed by atoms with Crippen LogP contribution in [-0.4, -0.2) is 34.6 Å². The molecular formula is C20H25N3O4. The van der Waals surface area contributed by atoms with E-state index in [4.69, 9.17) is 4.74 Å². The molecule has 0 saturated heterocycles. The number of carbonyl (C=O) groups is 3. The number of benzene rings is 1. The number of hydrogen-bond acceptors (Lipinski definition) is 4. The number of esters is 1. The highest BCUT2D eigenvalue weighted by Gasteiger charge is 2.27. The molecule has 7 nitrogen and oxygen atoms in total. The van der Waals surface area contributed by atoms with Crippen molar-refractivity contribution >= 4 is 28.8 Å². The highest BCUT2D eigenvalue weighted by atomic mass is 16.5. The number of para-hydroxylation sites is 1. The van der Waals surface area contributed by atoms with Crippen LogP contribution in [0.15, 0.2) is 30.5 Å². The summed E-state index contributed by atoms with van der Waals surface area (Å²) in [6, 6.07) is 7.17. The molecule has 1 unspecified atom stereocenters. The van der Waals surface area contributed by atoms with Crippen molar-refractivity contribution in [2.75, 3.05) is 0 Å². The molecule has 0 radical (unpaired) electrons. The molecule has 1 heterocycles. The van der Waals surface area contributed by atoms with E-state index in [0.29, 0.717) is 11.5 Å². The minimum absolute atomic E-state index is 0.141. The van der Waals surface area contributed by atoms with Crippen LogP contribution in [0, 0.1) is 5.92 Å². The van der Waals surface area contributed by atoms with Crippen LogP contribution in [0.1, 0.15) is 44.0 Å². The van der Waals surface area contributed by atoms with Crippen LogP contribution in [-0.2, 0) is 16.1 Å². The number of hydrogen-bond donors (Lipinski definition) is 2. The maximum atomic E-state index is 12.6. The molecule has 2 aromatic rings. The molecular weight excluding hydrogens is 346 g/mol. The Balaban J connectivity index is 1.69. The Labute approximate surface area is 158 Å². The standard InChI is InChI=1S/C20H25N3O4/c1-12(2)10-23-11-16(15-6-4-5-7-17(15)23)19(25)27-13(3)18(24)22-20(26)21-14-8-9-14/h4-7,11-14H,8-10H2,1-3H3,(H2,21,22,24,26). The Kier molecular flexibility index (Phi) is 5.48. The smallest absolute Gasteiger partial charge is 0.341 e. The molecule has 2 N–H and O–H groups in total. The number of fused-ring (bicyclic) bond motifs is 1. The second-order valence-electron chi connectivity index (χ2n) is 7.39. The molecule has 0 bridgehead atoms. The molecule has 7 heteroatoms. The minimum Gasteiger partial charge on any atom is -0.449 e. The summed E-state index contributed by atoms with van der Waals surface area (Å²) in [5, 5.41) is 5.64. The fraction of sp³-hybridized carbons (Fsp3) is 0.450. The van der Waals surface area contributed by atoms with Gasteiger partial charge >= 0.3 is 12.0 Å². The van der Waals surface area contributed by atoms with Crippen molar-refractivity contribution in [1.82, 2.24) is 15.2 Å². The Hall–Kier alpha value is -2.83. The molecule has 144 valence electrons. The lowest BCUT2D eigenvalue weighted by Gasteiger charge is -2.13. The van der Waals surface area contributed by atoms with Gasteiger partial charge in [-0.3, -0.25) is 10.1 Å². The highest BCUT2D eigenvalue weighted by Crippen LogP contribution is 2.23. The van der Waals surface area contributed by atoms with Crippen molar-refractivity contribution in [1.29, 1.82) is 0 Å². The van der Waals surface area contributed by atoms with Gasteiger partial charge in [-0.1, -0.05) is 32.0 Å². The van der Waals surface area contributed by atoms with Crippen molar-refractivity contribution in [3.8, 4) is 0 Å². The van der Waals surface area contributed by atoms with Crippen LogP contribution in [0.4, 0.5) is 4.79 Å². The van der Waals surface area contributed by atoms with Gasteiger partial charge in [0.05, 0.1) is 5.56 Å². The molecule has 1 aliphatic rings. The summed E-state index contributed by atoms with van der Waals surface area (Å²) in [6.07, 6.45) is 2.53. The number of nitrogens with one attached hydrogen (secondary N) is 2. The van der Waals surface area contributed by atoms with Crippen molar-refractivity contribution < 1.29 is 19.1 Å². The molecule has 1 aromatic carbocycles. The number of nitrogens with zero attached hydrogens (tertiary/aromatic N) is 1. The van der Waals surface area contributed by atoms with E-state index in [2.05, 4.69) is 24.5 Å². The van der Waals surface area contributed by atoms with Gasteiger partial charge in [0.1, 0.15) is 0 Å². The van der Waals surface area contributed by atoms with E-state index in [9.17, 15) is 14.4 Å². The molecule has 0 aliphatic heterocycles. The first kappa shape index (κ1) is 18.9. The van der Waals surface area contributed by atoms with Crippen LogP contribution >= 0.6 is 0 Å². The topological polar surface area (TPSA) is 89.4 Å². The average Bonchev–Trinajstić information content (AvgIpc) is 3.34. The monoisotopic (exact) mass is 371 g/mol. The Morgan fingerprint density at radius 1 is 1.19 bits per heavy atom. The Bertz CT molecular complexity index is 867. The van der Waals surface area contributed by atoms with E-state index in [1.165, 1.54) is 6.92 Å². The summed E-state index contributed by atoms with van der Waals surface area (Å²) >= 11 is 0. The average molecular weight is 371 g/mol. The molecule has 0 spiro atoms. The molecule has 3 amide bonds. The first-order chi connectivity index (χ1) is 12.8. The first-order valence-corrected chi connectivity index (χ1v) is 9.25. The number of carbonyl (C=O) groups excluding carboxylic acids is 3. The largest absolute Gasteiger partial charge is 0.449 e. The highest BCUT2D eigenvalue weighted by molar-refractivity contribution is 6.05. The zero-order valence-electron chi connectivity index (χ0n) is 15.8. The summed E-state index contributed by atoms with van der Waals surface area (Å²) < 4.78 is 7.32. The minimum atomic E-state index is -1.07. The zero-order valence-corrected chi connectivity index (χ0v) is 15.8. The van der Waals surface area contributed by atoms with Crippen molar-refractivity contribution in [3.05, 3.63) is 36.0 Å². The van der Waals surface area contributed by atoms with E-state index in [-0.39, 0.29) is 6.04 Å². The Morgan fingerprint density at radius 2 is 1.89 bits per heavy atom. The van der Waals surface area contributed by atoms with Gasteiger partial charge in [0, 0.05) is 29.7 Å². The first-order valence-electron chi connectivity index (χ1n) is 9.25. The fourth-order valence-corrected chi connectivity index (χ4v) is 2.89. The maximum absolute atomic E-state index is 12.6. The van der Waals surface area contributed by atoms with Crippen LogP contribution < -0.4 is 10.6 Å². The van der Waals surface area contributed by atoms with E-state index >= 15 is 0 Å². The predicted octanol–water partition coefficient (Wildman–Crippen LogP) is 2.83. The summed E-state index contributed by atoms with van der Waals surface area (Å²) in [5.74, 6) is -0.814. The van der Waals surface area contributed by atoms with Gasteiger partial charge < -0.3 is 14.6 Å². The number of rotatable bonds is 6. The summed E-state index contributed by atoms with van der Waals surface area (Å²) in [6.45, 7) is 6.42. The van der Waals surface area contributed by atoms with E-state index in [0.717, 1.165) is 30.3 Å². The van der Waals surface area contributed by atoms with Crippen LogP contribution in [0.2, 0.25) is 0 Å². The third-order valence-corrected chi connectivity index (χ3v) is 4.37. The van der Waals surface area contributed by atoms with Crippen LogP contribution in [0.5, 0.6) is 0 Å². The summed E-state index contributed by atoms with van der Waals surface area (Å²) in [5.41, 5.74) is 1.35. The third-order valence-electron chi connectivity index (χ3n) is 4.37. The molecule has 1 atom stereocenters. The lowest BCUT2D eigenvalue weighted by molar-refractivity contribution is -0.127. The molecule has 27 heavy (non-hydrogen) atoms. The number of urea groups is 1. The fourth-order valence-electron chi connectivity index (χ4n) is 2.89. The van der Waals surface area contributed by atoms with Crippen molar-refractivity contribution in [2.45, 2.75) is 52.3 Å². The van der Waals surface area contributed by atoms with Gasteiger partial charge in [-0.15, -0.1) is 0 Å². The van der Waals surface area contributed by atoms with E-state index in [1.54, 1.807) is 6.20 Å². The third kappa shape index (κ3) is 4.67. The van der Waals surface area contributed by atoms with E-state index < -0.39 is 24.0 Å². The summed E-state index contributed by atoms with van der Waals surface area (Å²) in [4.78, 5) is 36.4. The zero-order chi connectivity index (χ0) is 19.6.